The third-order valence-corrected chi connectivity index (χ3v) is 3.76. The zero-order chi connectivity index (χ0) is 13.2. The number of nitrogens with zero attached hydrogens (tertiary/aromatic N) is 1. The van der Waals surface area contributed by atoms with Crippen molar-refractivity contribution in [3.8, 4) is 0 Å². The number of furan rings is 1. The van der Waals surface area contributed by atoms with Gasteiger partial charge in [-0.1, -0.05) is 23.9 Å². The second-order valence-corrected chi connectivity index (χ2v) is 4.88. The molecule has 0 saturated heterocycles. The van der Waals surface area contributed by atoms with Gasteiger partial charge in [-0.15, -0.1) is 0 Å². The van der Waals surface area contributed by atoms with Crippen LogP contribution in [0.25, 0.3) is 11.0 Å². The van der Waals surface area contributed by atoms with Crippen molar-refractivity contribution in [3.63, 3.8) is 0 Å². The Bertz CT molecular complexity index is 751. The summed E-state index contributed by atoms with van der Waals surface area (Å²) in [4.78, 5) is 16.1. The Morgan fingerprint density at radius 3 is 2.89 bits per heavy atom. The fraction of sp³-hybridized carbons (Fsp3) is 0. The maximum absolute atomic E-state index is 11.2. The molecule has 0 amide bonds. The number of aromatic nitrogens is 1. The summed E-state index contributed by atoms with van der Waals surface area (Å²) in [5, 5.41) is 10.8. The first-order valence-electron chi connectivity index (χ1n) is 5.58. The van der Waals surface area contributed by atoms with Crippen molar-refractivity contribution in [2.24, 2.45) is 0 Å². The molecule has 0 atom stereocenters. The lowest BCUT2D eigenvalue weighted by Crippen LogP contribution is -1.98. The molecule has 0 bridgehead atoms. The van der Waals surface area contributed by atoms with Gasteiger partial charge < -0.3 is 9.52 Å². The lowest BCUT2D eigenvalue weighted by atomic mass is 10.2. The van der Waals surface area contributed by atoms with E-state index in [1.807, 2.05) is 12.1 Å². The Labute approximate surface area is 113 Å². The van der Waals surface area contributed by atoms with Crippen molar-refractivity contribution in [2.45, 2.75) is 9.92 Å². The molecule has 94 valence electrons. The Morgan fingerprint density at radius 1 is 1.21 bits per heavy atom. The van der Waals surface area contributed by atoms with Crippen LogP contribution in [0.15, 0.2) is 63.2 Å². The van der Waals surface area contributed by atoms with E-state index in [1.54, 1.807) is 36.7 Å². The monoisotopic (exact) mass is 271 g/mol. The molecule has 2 heterocycles. The summed E-state index contributed by atoms with van der Waals surface area (Å²) in [5.41, 5.74) is 1.01. The lowest BCUT2D eigenvalue weighted by molar-refractivity contribution is 0.0693. The Hall–Kier alpha value is -2.27. The molecule has 0 spiro atoms. The molecule has 1 N–H and O–H groups in total. The van der Waals surface area contributed by atoms with Crippen molar-refractivity contribution < 1.29 is 14.3 Å². The number of pyridine rings is 1. The third-order valence-electron chi connectivity index (χ3n) is 2.67. The minimum Gasteiger partial charge on any atom is -0.478 e. The van der Waals surface area contributed by atoms with E-state index in [0.717, 1.165) is 16.0 Å². The Balaban J connectivity index is 2.06. The van der Waals surface area contributed by atoms with Crippen molar-refractivity contribution in [2.75, 3.05) is 0 Å². The second-order valence-electron chi connectivity index (χ2n) is 3.85. The van der Waals surface area contributed by atoms with E-state index in [1.165, 1.54) is 11.8 Å². The minimum atomic E-state index is -0.942. The van der Waals surface area contributed by atoms with E-state index >= 15 is 0 Å². The molecule has 3 aromatic rings. The standard InChI is InChI=1S/C14H9NO3S/c16-14(17)10-3-1-2-4-12(10)19-13-9-6-8-18-11(9)5-7-15-13/h1-8H,(H,16,17). The van der Waals surface area contributed by atoms with Crippen molar-refractivity contribution in [1.29, 1.82) is 0 Å². The number of rotatable bonds is 3. The summed E-state index contributed by atoms with van der Waals surface area (Å²) in [5.74, 6) is -0.942. The molecule has 5 heteroatoms. The molecular formula is C14H9NO3S. The highest BCUT2D eigenvalue weighted by Crippen LogP contribution is 2.33. The Kier molecular flexibility index (Phi) is 2.97. The van der Waals surface area contributed by atoms with Gasteiger partial charge in [0.2, 0.25) is 0 Å². The van der Waals surface area contributed by atoms with Crippen LogP contribution < -0.4 is 0 Å². The zero-order valence-corrected chi connectivity index (χ0v) is 10.6. The van der Waals surface area contributed by atoms with Crippen LogP contribution in [0.5, 0.6) is 0 Å². The van der Waals surface area contributed by atoms with Gasteiger partial charge in [0.1, 0.15) is 10.6 Å². The minimum absolute atomic E-state index is 0.273. The molecule has 0 aliphatic carbocycles. The highest BCUT2D eigenvalue weighted by atomic mass is 32.2. The summed E-state index contributed by atoms with van der Waals surface area (Å²) in [6.07, 6.45) is 3.25. The number of carboxylic acid groups (broad SMARTS) is 1. The van der Waals surface area contributed by atoms with Crippen LogP contribution >= 0.6 is 11.8 Å². The number of carboxylic acids is 1. The lowest BCUT2D eigenvalue weighted by Gasteiger charge is -2.05. The summed E-state index contributed by atoms with van der Waals surface area (Å²) in [6, 6.07) is 10.5. The van der Waals surface area contributed by atoms with Crippen LogP contribution in [0.1, 0.15) is 10.4 Å². The van der Waals surface area contributed by atoms with Crippen LogP contribution in [0.3, 0.4) is 0 Å². The van der Waals surface area contributed by atoms with Gasteiger partial charge in [-0.05, 0) is 24.3 Å². The van der Waals surface area contributed by atoms with Crippen LogP contribution in [-0.4, -0.2) is 16.1 Å². The zero-order valence-electron chi connectivity index (χ0n) is 9.74. The summed E-state index contributed by atoms with van der Waals surface area (Å²) >= 11 is 1.32. The van der Waals surface area contributed by atoms with Crippen LogP contribution in [0, 0.1) is 0 Å². The number of fused-ring (bicyclic) bond motifs is 1. The van der Waals surface area contributed by atoms with Gasteiger partial charge in [-0.3, -0.25) is 0 Å². The maximum Gasteiger partial charge on any atom is 0.336 e. The van der Waals surface area contributed by atoms with Gasteiger partial charge in [0.15, 0.2) is 0 Å². The molecule has 0 unspecified atom stereocenters. The topological polar surface area (TPSA) is 63.3 Å². The second kappa shape index (κ2) is 4.78. The van der Waals surface area contributed by atoms with E-state index in [9.17, 15) is 4.79 Å². The number of carbonyl (C=O) groups is 1. The predicted molar refractivity (Wildman–Crippen MR) is 71.5 cm³/mol. The van der Waals surface area contributed by atoms with Gasteiger partial charge >= 0.3 is 5.97 Å². The largest absolute Gasteiger partial charge is 0.478 e. The highest BCUT2D eigenvalue weighted by molar-refractivity contribution is 7.99. The van der Waals surface area contributed by atoms with Crippen molar-refractivity contribution >= 4 is 28.7 Å². The molecule has 0 aliphatic rings. The van der Waals surface area contributed by atoms with E-state index in [4.69, 9.17) is 9.52 Å². The first kappa shape index (κ1) is 11.8. The van der Waals surface area contributed by atoms with Crippen LogP contribution in [0.2, 0.25) is 0 Å². The third kappa shape index (κ3) is 2.20. The van der Waals surface area contributed by atoms with Gasteiger partial charge in [-0.25, -0.2) is 9.78 Å². The summed E-state index contributed by atoms with van der Waals surface area (Å²) in [7, 11) is 0. The molecule has 0 fully saturated rings. The normalized spacial score (nSPS) is 10.7. The SMILES string of the molecule is O=C(O)c1ccccc1Sc1nccc2occc12. The fourth-order valence-electron chi connectivity index (χ4n) is 1.79. The molecule has 2 aromatic heterocycles. The summed E-state index contributed by atoms with van der Waals surface area (Å²) < 4.78 is 5.30. The highest BCUT2D eigenvalue weighted by Gasteiger charge is 2.13. The predicted octanol–water partition coefficient (Wildman–Crippen LogP) is 3.68. The maximum atomic E-state index is 11.2. The number of benzene rings is 1. The fourth-order valence-corrected chi connectivity index (χ4v) is 2.80. The van der Waals surface area contributed by atoms with Gasteiger partial charge in [0, 0.05) is 11.1 Å². The van der Waals surface area contributed by atoms with Crippen LogP contribution in [0.4, 0.5) is 0 Å². The average Bonchev–Trinajstić information content (AvgIpc) is 2.88. The number of hydrogen-bond acceptors (Lipinski definition) is 4. The van der Waals surface area contributed by atoms with Gasteiger partial charge in [0.05, 0.1) is 17.2 Å². The van der Waals surface area contributed by atoms with Gasteiger partial charge in [-0.2, -0.15) is 0 Å². The molecule has 1 aromatic carbocycles. The first-order chi connectivity index (χ1) is 9.25. The van der Waals surface area contributed by atoms with Crippen molar-refractivity contribution in [1.82, 2.24) is 4.98 Å². The average molecular weight is 271 g/mol. The van der Waals surface area contributed by atoms with Crippen molar-refractivity contribution in [3.05, 3.63) is 54.4 Å². The van der Waals surface area contributed by atoms with Gasteiger partial charge in [0.25, 0.3) is 0 Å². The smallest absolute Gasteiger partial charge is 0.336 e. The molecular weight excluding hydrogens is 262 g/mol. The number of hydrogen-bond donors (Lipinski definition) is 1. The summed E-state index contributed by atoms with van der Waals surface area (Å²) in [6.45, 7) is 0. The molecule has 19 heavy (non-hydrogen) atoms. The van der Waals surface area contributed by atoms with E-state index in [0.29, 0.717) is 4.90 Å². The first-order valence-corrected chi connectivity index (χ1v) is 6.40. The number of aromatic carboxylic acids is 1. The Morgan fingerprint density at radius 2 is 2.05 bits per heavy atom. The molecule has 0 radical (unpaired) electrons. The van der Waals surface area contributed by atoms with E-state index in [2.05, 4.69) is 4.98 Å². The molecule has 0 aliphatic heterocycles. The quantitative estimate of drug-likeness (QED) is 0.787. The van der Waals surface area contributed by atoms with E-state index in [-0.39, 0.29) is 5.56 Å². The molecule has 4 nitrogen and oxygen atoms in total. The van der Waals surface area contributed by atoms with Crippen LogP contribution in [-0.2, 0) is 0 Å². The van der Waals surface area contributed by atoms with E-state index < -0.39 is 5.97 Å². The molecule has 3 rings (SSSR count). The molecule has 0 saturated carbocycles.